The van der Waals surface area contributed by atoms with Gasteiger partial charge in [0.05, 0.1) is 0 Å². The van der Waals surface area contributed by atoms with Gasteiger partial charge in [0.2, 0.25) is 0 Å². The van der Waals surface area contributed by atoms with E-state index in [0.29, 0.717) is 0 Å². The third-order valence-electron chi connectivity index (χ3n) is 4.15. The first-order valence-corrected chi connectivity index (χ1v) is 8.77. The quantitative estimate of drug-likeness (QED) is 0.323. The molecule has 0 fully saturated rings. The molecule has 0 spiro atoms. The lowest BCUT2D eigenvalue weighted by molar-refractivity contribution is 1.44. The van der Waals surface area contributed by atoms with E-state index in [1.165, 1.54) is 38.9 Å². The predicted octanol–water partition coefficient (Wildman–Crippen LogP) is 6.77. The van der Waals surface area contributed by atoms with Gasteiger partial charge in [-0.2, -0.15) is 0 Å². The molecule has 0 aliphatic heterocycles. The fourth-order valence-corrected chi connectivity index (χ4v) is 4.02. The molecule has 1 aliphatic rings. The van der Waals surface area contributed by atoms with Crippen molar-refractivity contribution in [2.75, 3.05) is 0 Å². The highest BCUT2D eigenvalue weighted by molar-refractivity contribution is 9.13. The molecule has 0 bridgehead atoms. The second-order valence-electron chi connectivity index (χ2n) is 5.61. The lowest BCUT2D eigenvalue weighted by Gasteiger charge is -2.14. The number of hydrogen-bond donors (Lipinski definition) is 0. The van der Waals surface area contributed by atoms with Gasteiger partial charge in [0.15, 0.2) is 0 Å². The molecule has 0 heterocycles. The van der Waals surface area contributed by atoms with Crippen molar-refractivity contribution in [2.24, 2.45) is 0 Å². The van der Waals surface area contributed by atoms with E-state index >= 15 is 0 Å². The van der Waals surface area contributed by atoms with Crippen molar-refractivity contribution in [1.82, 2.24) is 0 Å². The van der Waals surface area contributed by atoms with Crippen molar-refractivity contribution >= 4 is 31.9 Å². The Morgan fingerprint density at radius 1 is 0.818 bits per heavy atom. The fourth-order valence-electron chi connectivity index (χ4n) is 3.04. The molecule has 1 radical (unpaired) electrons. The van der Waals surface area contributed by atoms with Gasteiger partial charge in [-0.15, -0.1) is 0 Å². The molecule has 0 unspecified atom stereocenters. The van der Waals surface area contributed by atoms with Crippen molar-refractivity contribution in [3.63, 3.8) is 0 Å². The van der Waals surface area contributed by atoms with E-state index in [0.717, 1.165) is 8.95 Å². The second-order valence-corrected chi connectivity index (χ2v) is 7.25. The van der Waals surface area contributed by atoms with Crippen LogP contribution < -0.4 is 0 Å². The summed E-state index contributed by atoms with van der Waals surface area (Å²) in [6.45, 7) is 2.12. The number of aryl methyl sites for hydroxylation is 1. The molecule has 0 nitrogen and oxygen atoms in total. The van der Waals surface area contributed by atoms with Crippen LogP contribution in [-0.4, -0.2) is 0 Å². The lowest BCUT2D eigenvalue weighted by Crippen LogP contribution is -1.90. The van der Waals surface area contributed by atoms with Crippen LogP contribution in [0.3, 0.4) is 0 Å². The fraction of sp³-hybridized carbons (Fsp3) is 0.0500. The van der Waals surface area contributed by atoms with Crippen LogP contribution in [0.1, 0.15) is 16.7 Å². The molecule has 1 aliphatic carbocycles. The van der Waals surface area contributed by atoms with Crippen molar-refractivity contribution in [2.45, 2.75) is 6.92 Å². The first-order chi connectivity index (χ1) is 10.6. The third kappa shape index (κ3) is 2.17. The van der Waals surface area contributed by atoms with E-state index in [1.807, 2.05) is 0 Å². The zero-order chi connectivity index (χ0) is 15.3. The van der Waals surface area contributed by atoms with E-state index < -0.39 is 0 Å². The Morgan fingerprint density at radius 3 is 2.32 bits per heavy atom. The summed E-state index contributed by atoms with van der Waals surface area (Å²) in [4.78, 5) is 0. The normalized spacial score (nSPS) is 12.1. The van der Waals surface area contributed by atoms with Crippen molar-refractivity contribution in [3.05, 3.63) is 86.7 Å². The molecule has 3 aromatic carbocycles. The summed E-state index contributed by atoms with van der Waals surface area (Å²) >= 11 is 7.47. The highest BCUT2D eigenvalue weighted by Gasteiger charge is 2.25. The zero-order valence-electron chi connectivity index (χ0n) is 12.0. The van der Waals surface area contributed by atoms with Crippen molar-refractivity contribution < 1.29 is 0 Å². The summed E-state index contributed by atoms with van der Waals surface area (Å²) in [5.41, 5.74) is 8.94. The maximum atomic E-state index is 3.77. The van der Waals surface area contributed by atoms with E-state index in [4.69, 9.17) is 0 Å². The lowest BCUT2D eigenvalue weighted by atomic mass is 9.95. The minimum atomic E-state index is 1.09. The number of fused-ring (bicyclic) bond motifs is 3. The molecule has 0 amide bonds. The molecule has 0 saturated carbocycles. The summed E-state index contributed by atoms with van der Waals surface area (Å²) in [5, 5.41) is 0. The highest BCUT2D eigenvalue weighted by Crippen LogP contribution is 2.48. The average molecular weight is 413 g/mol. The monoisotopic (exact) mass is 411 g/mol. The van der Waals surface area contributed by atoms with Gasteiger partial charge in [-0.25, -0.2) is 0 Å². The Morgan fingerprint density at radius 2 is 1.55 bits per heavy atom. The summed E-state index contributed by atoms with van der Waals surface area (Å²) in [6, 6.07) is 19.5. The van der Waals surface area contributed by atoms with E-state index in [9.17, 15) is 0 Å². The van der Waals surface area contributed by atoms with Crippen LogP contribution in [0.5, 0.6) is 0 Å². The Bertz CT molecular complexity index is 877. The van der Waals surface area contributed by atoms with E-state index in [1.54, 1.807) is 0 Å². The van der Waals surface area contributed by atoms with Gasteiger partial charge in [-0.3, -0.25) is 0 Å². The maximum Gasteiger partial charge on any atom is 0.0399 e. The molecule has 107 valence electrons. The van der Waals surface area contributed by atoms with Gasteiger partial charge in [-0.05, 0) is 72.7 Å². The third-order valence-corrected chi connectivity index (χ3v) is 6.13. The van der Waals surface area contributed by atoms with Crippen LogP contribution in [0, 0.1) is 13.3 Å². The van der Waals surface area contributed by atoms with Gasteiger partial charge < -0.3 is 0 Å². The van der Waals surface area contributed by atoms with Crippen LogP contribution in [-0.2, 0) is 0 Å². The Labute approximate surface area is 147 Å². The molecular weight excluding hydrogens is 400 g/mol. The van der Waals surface area contributed by atoms with Crippen LogP contribution >= 0.6 is 31.9 Å². The first-order valence-electron chi connectivity index (χ1n) is 7.18. The molecule has 3 aromatic rings. The van der Waals surface area contributed by atoms with E-state index in [2.05, 4.69) is 99.8 Å². The number of halogens is 2. The minimum Gasteiger partial charge on any atom is -0.0619 e. The molecule has 4 rings (SSSR count). The summed E-state index contributed by atoms with van der Waals surface area (Å²) < 4.78 is 2.20. The van der Waals surface area contributed by atoms with Crippen molar-refractivity contribution in [3.8, 4) is 22.3 Å². The van der Waals surface area contributed by atoms with Crippen molar-refractivity contribution in [1.29, 1.82) is 0 Å². The largest absolute Gasteiger partial charge is 0.0619 e. The van der Waals surface area contributed by atoms with Gasteiger partial charge in [0.25, 0.3) is 0 Å². The Balaban J connectivity index is 2.01. The molecular formula is C20H13Br2. The maximum absolute atomic E-state index is 3.77. The number of hydrogen-bond acceptors (Lipinski definition) is 0. The Kier molecular flexibility index (Phi) is 3.47. The minimum absolute atomic E-state index is 1.09. The number of benzene rings is 3. The van der Waals surface area contributed by atoms with Gasteiger partial charge in [0.1, 0.15) is 0 Å². The first kappa shape index (κ1) is 14.2. The van der Waals surface area contributed by atoms with Gasteiger partial charge >= 0.3 is 0 Å². The molecule has 2 heteroatoms. The molecule has 0 atom stereocenters. The molecule has 0 saturated heterocycles. The van der Waals surface area contributed by atoms with Crippen LogP contribution in [0.15, 0.2) is 63.5 Å². The van der Waals surface area contributed by atoms with Crippen LogP contribution in [0.25, 0.3) is 22.3 Å². The SMILES string of the molecule is Cc1ccc(-c2c(Br)c(Br)cc3c2[CH]c2ccccc2-3)cc1. The van der Waals surface area contributed by atoms with Crippen LogP contribution in [0.2, 0.25) is 0 Å². The number of rotatable bonds is 1. The predicted molar refractivity (Wildman–Crippen MR) is 100.0 cm³/mol. The smallest absolute Gasteiger partial charge is 0.0399 e. The summed E-state index contributed by atoms with van der Waals surface area (Å²) in [6.07, 6.45) is 2.29. The summed E-state index contributed by atoms with van der Waals surface area (Å²) in [5.74, 6) is 0. The zero-order valence-corrected chi connectivity index (χ0v) is 15.2. The highest BCUT2D eigenvalue weighted by atomic mass is 79.9. The van der Waals surface area contributed by atoms with Crippen LogP contribution in [0.4, 0.5) is 0 Å². The topological polar surface area (TPSA) is 0 Å². The Hall–Kier alpha value is -1.38. The average Bonchev–Trinajstić information content (AvgIpc) is 2.88. The standard InChI is InChI=1S/C20H13Br2/c1-12-6-8-13(9-7-12)19-17-10-14-4-2-3-5-15(14)16(17)11-18(21)20(19)22/h2-11H,1H3. The molecule has 0 aromatic heterocycles. The molecule has 0 N–H and O–H groups in total. The van der Waals surface area contributed by atoms with Gasteiger partial charge in [0, 0.05) is 20.9 Å². The second kappa shape index (κ2) is 5.36. The van der Waals surface area contributed by atoms with Gasteiger partial charge in [-0.1, -0.05) is 54.1 Å². The molecule has 22 heavy (non-hydrogen) atoms. The van der Waals surface area contributed by atoms with E-state index in [-0.39, 0.29) is 0 Å². The summed E-state index contributed by atoms with van der Waals surface area (Å²) in [7, 11) is 0.